The summed E-state index contributed by atoms with van der Waals surface area (Å²) in [7, 11) is 0. The van der Waals surface area contributed by atoms with Gasteiger partial charge >= 0.3 is 0 Å². The first-order chi connectivity index (χ1) is 13.3. The summed E-state index contributed by atoms with van der Waals surface area (Å²) in [6, 6.07) is 5.40. The lowest BCUT2D eigenvalue weighted by Gasteiger charge is -2.18. The number of nitrogens with zero attached hydrogens (tertiary/aromatic N) is 2. The van der Waals surface area contributed by atoms with Gasteiger partial charge in [-0.15, -0.1) is 5.10 Å². The van der Waals surface area contributed by atoms with E-state index in [2.05, 4.69) is 20.5 Å². The van der Waals surface area contributed by atoms with Crippen LogP contribution in [0.5, 0.6) is 11.5 Å². The molecule has 0 saturated heterocycles. The molecule has 27 heavy (non-hydrogen) atoms. The minimum absolute atomic E-state index is 0.103. The summed E-state index contributed by atoms with van der Waals surface area (Å²) in [5.41, 5.74) is 0.692. The molecule has 0 spiro atoms. The van der Waals surface area contributed by atoms with Crippen molar-refractivity contribution in [1.29, 1.82) is 0 Å². The van der Waals surface area contributed by atoms with Gasteiger partial charge in [-0.2, -0.15) is 0 Å². The molecule has 1 amide bonds. The van der Waals surface area contributed by atoms with Crippen molar-refractivity contribution < 1.29 is 14.3 Å². The smallest absolute Gasteiger partial charge is 0.234 e. The summed E-state index contributed by atoms with van der Waals surface area (Å²) < 4.78 is 11.0. The topological polar surface area (TPSA) is 89.1 Å². The third-order valence-electron chi connectivity index (χ3n) is 4.93. The molecule has 0 bridgehead atoms. The zero-order valence-electron chi connectivity index (χ0n) is 15.2. The third kappa shape index (κ3) is 4.94. The average molecular weight is 388 g/mol. The van der Waals surface area contributed by atoms with Crippen LogP contribution in [0.4, 0.5) is 5.69 Å². The average Bonchev–Trinajstić information content (AvgIpc) is 3.36. The van der Waals surface area contributed by atoms with Crippen LogP contribution in [0.15, 0.2) is 23.4 Å². The van der Waals surface area contributed by atoms with E-state index in [0.717, 1.165) is 18.2 Å². The first-order valence-electron chi connectivity index (χ1n) is 9.50. The van der Waals surface area contributed by atoms with Crippen molar-refractivity contribution in [1.82, 2.24) is 15.2 Å². The van der Waals surface area contributed by atoms with Crippen LogP contribution >= 0.6 is 11.8 Å². The van der Waals surface area contributed by atoms with Gasteiger partial charge in [-0.25, -0.2) is 4.98 Å². The molecular weight excluding hydrogens is 364 g/mol. The van der Waals surface area contributed by atoms with Crippen LogP contribution in [-0.2, 0) is 11.2 Å². The predicted octanol–water partition coefficient (Wildman–Crippen LogP) is 3.43. The summed E-state index contributed by atoms with van der Waals surface area (Å²) in [6.45, 7) is 1.07. The highest BCUT2D eigenvalue weighted by atomic mass is 32.2. The number of fused-ring (bicyclic) bond motifs is 1. The zero-order chi connectivity index (χ0) is 18.5. The number of anilines is 1. The first-order valence-corrected chi connectivity index (χ1v) is 10.5. The number of hydrogen-bond acceptors (Lipinski definition) is 6. The fraction of sp³-hybridized carbons (Fsp3) is 0.526. The number of H-pyrrole nitrogens is 1. The van der Waals surface area contributed by atoms with Crippen molar-refractivity contribution in [2.45, 2.75) is 43.7 Å². The van der Waals surface area contributed by atoms with E-state index < -0.39 is 0 Å². The summed E-state index contributed by atoms with van der Waals surface area (Å²) >= 11 is 1.33. The molecule has 0 unspecified atom stereocenters. The normalized spacial score (nSPS) is 16.4. The quantitative estimate of drug-likeness (QED) is 0.707. The standard InChI is InChI=1S/C19H24N4O3S/c24-18(20-14-6-7-15-16(11-14)26-10-9-25-15)12-27-19-21-17(22-23-19)8-5-13-3-1-2-4-13/h6-7,11,13H,1-5,8-10,12H2,(H,20,24)(H,21,22,23). The van der Waals surface area contributed by atoms with Gasteiger partial charge in [0.15, 0.2) is 11.5 Å². The fourth-order valence-electron chi connectivity index (χ4n) is 3.54. The molecule has 2 N–H and O–H groups in total. The number of aromatic amines is 1. The SMILES string of the molecule is O=C(CSc1n[nH]c(CCC2CCCC2)n1)Nc1ccc2c(c1)OCCO2. The number of thioether (sulfide) groups is 1. The summed E-state index contributed by atoms with van der Waals surface area (Å²) in [6.07, 6.45) is 7.51. The van der Waals surface area contributed by atoms with Crippen molar-refractivity contribution in [2.24, 2.45) is 5.92 Å². The molecule has 1 fully saturated rings. The summed E-state index contributed by atoms with van der Waals surface area (Å²) in [5, 5.41) is 10.7. The molecule has 0 radical (unpaired) electrons. The van der Waals surface area contributed by atoms with Crippen molar-refractivity contribution >= 4 is 23.4 Å². The van der Waals surface area contributed by atoms with Gasteiger partial charge in [-0.05, 0) is 24.5 Å². The number of nitrogens with one attached hydrogen (secondary N) is 2. The molecule has 144 valence electrons. The van der Waals surface area contributed by atoms with Crippen molar-refractivity contribution in [3.05, 3.63) is 24.0 Å². The highest BCUT2D eigenvalue weighted by molar-refractivity contribution is 7.99. The number of ether oxygens (including phenoxy) is 2. The molecule has 1 aromatic carbocycles. The van der Waals surface area contributed by atoms with E-state index in [1.807, 2.05) is 12.1 Å². The van der Waals surface area contributed by atoms with E-state index in [-0.39, 0.29) is 11.7 Å². The molecule has 2 heterocycles. The molecule has 2 aromatic rings. The molecule has 0 atom stereocenters. The molecule has 1 aromatic heterocycles. The Kier molecular flexibility index (Phi) is 5.81. The molecule has 1 aliphatic carbocycles. The van der Waals surface area contributed by atoms with Gasteiger partial charge in [0.05, 0.1) is 5.75 Å². The van der Waals surface area contributed by atoms with Gasteiger partial charge in [-0.3, -0.25) is 9.89 Å². The third-order valence-corrected chi connectivity index (χ3v) is 5.78. The van der Waals surface area contributed by atoms with Crippen LogP contribution < -0.4 is 14.8 Å². The number of aryl methyl sites for hydroxylation is 1. The van der Waals surface area contributed by atoms with E-state index in [0.29, 0.717) is 35.6 Å². The van der Waals surface area contributed by atoms with Gasteiger partial charge in [0.1, 0.15) is 19.0 Å². The van der Waals surface area contributed by atoms with Crippen LogP contribution in [0.3, 0.4) is 0 Å². The Bertz CT molecular complexity index is 789. The Morgan fingerprint density at radius 2 is 2.04 bits per heavy atom. The zero-order valence-corrected chi connectivity index (χ0v) is 16.0. The van der Waals surface area contributed by atoms with Gasteiger partial charge in [0.2, 0.25) is 11.1 Å². The number of rotatable bonds is 7. The van der Waals surface area contributed by atoms with Gasteiger partial charge in [0, 0.05) is 18.2 Å². The molecule has 1 aliphatic heterocycles. The maximum Gasteiger partial charge on any atom is 0.234 e. The fourth-order valence-corrected chi connectivity index (χ4v) is 4.16. The Hall–Kier alpha value is -2.22. The largest absolute Gasteiger partial charge is 0.486 e. The number of benzene rings is 1. The lowest BCUT2D eigenvalue weighted by atomic mass is 10.0. The second-order valence-electron chi connectivity index (χ2n) is 6.95. The first kappa shape index (κ1) is 18.2. The van der Waals surface area contributed by atoms with E-state index in [1.165, 1.54) is 43.9 Å². The number of carbonyl (C=O) groups excluding carboxylic acids is 1. The highest BCUT2D eigenvalue weighted by Crippen LogP contribution is 2.32. The number of aromatic nitrogens is 3. The van der Waals surface area contributed by atoms with E-state index in [9.17, 15) is 4.79 Å². The van der Waals surface area contributed by atoms with Crippen LogP contribution in [0, 0.1) is 5.92 Å². The van der Waals surface area contributed by atoms with E-state index >= 15 is 0 Å². The number of carbonyl (C=O) groups is 1. The van der Waals surface area contributed by atoms with Crippen molar-refractivity contribution in [3.8, 4) is 11.5 Å². The molecular formula is C19H24N4O3S. The predicted molar refractivity (Wildman–Crippen MR) is 103 cm³/mol. The van der Waals surface area contributed by atoms with Gasteiger partial charge in [-0.1, -0.05) is 37.4 Å². The second kappa shape index (κ2) is 8.65. The molecule has 8 heteroatoms. The maximum atomic E-state index is 12.2. The van der Waals surface area contributed by atoms with Gasteiger partial charge in [0.25, 0.3) is 0 Å². The van der Waals surface area contributed by atoms with Crippen LogP contribution in [0.1, 0.15) is 37.9 Å². The summed E-state index contributed by atoms with van der Waals surface area (Å²) in [4.78, 5) is 16.7. The van der Waals surface area contributed by atoms with E-state index in [4.69, 9.17) is 9.47 Å². The lowest BCUT2D eigenvalue weighted by Crippen LogP contribution is -2.17. The molecule has 2 aliphatic rings. The lowest BCUT2D eigenvalue weighted by molar-refractivity contribution is -0.113. The van der Waals surface area contributed by atoms with Crippen LogP contribution in [0.2, 0.25) is 0 Å². The monoisotopic (exact) mass is 388 g/mol. The molecule has 4 rings (SSSR count). The minimum atomic E-state index is -0.103. The number of amides is 1. The number of hydrogen-bond donors (Lipinski definition) is 2. The molecule has 1 saturated carbocycles. The Morgan fingerprint density at radius 3 is 2.89 bits per heavy atom. The highest BCUT2D eigenvalue weighted by Gasteiger charge is 2.16. The van der Waals surface area contributed by atoms with Gasteiger partial charge < -0.3 is 14.8 Å². The van der Waals surface area contributed by atoms with Crippen LogP contribution in [0.25, 0.3) is 0 Å². The molecule has 7 nitrogen and oxygen atoms in total. The summed E-state index contributed by atoms with van der Waals surface area (Å²) in [5.74, 6) is 3.27. The Labute approximate surface area is 162 Å². The van der Waals surface area contributed by atoms with E-state index in [1.54, 1.807) is 6.07 Å². The Morgan fingerprint density at radius 1 is 1.22 bits per heavy atom. The Balaban J connectivity index is 1.23. The van der Waals surface area contributed by atoms with Crippen LogP contribution in [-0.4, -0.2) is 40.1 Å². The van der Waals surface area contributed by atoms with Crippen molar-refractivity contribution in [3.63, 3.8) is 0 Å². The minimum Gasteiger partial charge on any atom is -0.486 e. The van der Waals surface area contributed by atoms with Crippen molar-refractivity contribution in [2.75, 3.05) is 24.3 Å². The second-order valence-corrected chi connectivity index (χ2v) is 7.89. The maximum absolute atomic E-state index is 12.2.